The lowest BCUT2D eigenvalue weighted by Gasteiger charge is -2.13. The van der Waals surface area contributed by atoms with Crippen LogP contribution in [0.4, 0.5) is 0 Å². The van der Waals surface area contributed by atoms with E-state index in [-0.39, 0.29) is 24.0 Å². The average molecular weight is 498 g/mol. The maximum absolute atomic E-state index is 5.90. The van der Waals surface area contributed by atoms with E-state index in [0.717, 1.165) is 35.1 Å². The van der Waals surface area contributed by atoms with Crippen molar-refractivity contribution < 1.29 is 9.47 Å². The molecule has 28 heavy (non-hydrogen) atoms. The Kier molecular flexibility index (Phi) is 12.2. The first-order valence-corrected chi connectivity index (χ1v) is 9.45. The van der Waals surface area contributed by atoms with E-state index >= 15 is 0 Å². The van der Waals surface area contributed by atoms with E-state index in [2.05, 4.69) is 39.7 Å². The lowest BCUT2D eigenvalue weighted by Crippen LogP contribution is -2.37. The van der Waals surface area contributed by atoms with Crippen molar-refractivity contribution >= 4 is 29.9 Å². The van der Waals surface area contributed by atoms with Gasteiger partial charge in [0.2, 0.25) is 0 Å². The SMILES string of the molecule is CCNC(=NCc1ccc(C)cc1OCCOCC)NCc1ccccn1.I. The monoisotopic (exact) mass is 498 g/mol. The highest BCUT2D eigenvalue weighted by Crippen LogP contribution is 2.21. The van der Waals surface area contributed by atoms with Crippen LogP contribution < -0.4 is 15.4 Å². The molecule has 1 aromatic carbocycles. The second-order valence-corrected chi connectivity index (χ2v) is 6.03. The lowest BCUT2D eigenvalue weighted by molar-refractivity contribution is 0.110. The third-order valence-corrected chi connectivity index (χ3v) is 3.83. The van der Waals surface area contributed by atoms with Gasteiger partial charge in [-0.3, -0.25) is 4.98 Å². The van der Waals surface area contributed by atoms with E-state index in [1.165, 1.54) is 0 Å². The van der Waals surface area contributed by atoms with Gasteiger partial charge >= 0.3 is 0 Å². The Morgan fingerprint density at radius 2 is 1.96 bits per heavy atom. The molecule has 1 aromatic heterocycles. The summed E-state index contributed by atoms with van der Waals surface area (Å²) in [7, 11) is 0. The number of rotatable bonds is 10. The van der Waals surface area contributed by atoms with Crippen molar-refractivity contribution in [3.63, 3.8) is 0 Å². The number of aliphatic imine (C=N–C) groups is 1. The molecule has 0 radical (unpaired) electrons. The first-order valence-electron chi connectivity index (χ1n) is 9.45. The van der Waals surface area contributed by atoms with E-state index in [4.69, 9.17) is 9.47 Å². The van der Waals surface area contributed by atoms with E-state index in [9.17, 15) is 0 Å². The van der Waals surface area contributed by atoms with Gasteiger partial charge in [0, 0.05) is 24.9 Å². The van der Waals surface area contributed by atoms with Crippen LogP contribution in [-0.2, 0) is 17.8 Å². The number of ether oxygens (including phenoxy) is 2. The normalized spacial score (nSPS) is 10.9. The Bertz CT molecular complexity index is 711. The molecular weight excluding hydrogens is 467 g/mol. The van der Waals surface area contributed by atoms with Crippen LogP contribution in [0.2, 0.25) is 0 Å². The van der Waals surface area contributed by atoms with Crippen LogP contribution in [0.15, 0.2) is 47.6 Å². The molecule has 2 N–H and O–H groups in total. The number of benzene rings is 1. The second kappa shape index (κ2) is 14.2. The van der Waals surface area contributed by atoms with Crippen molar-refractivity contribution in [2.75, 3.05) is 26.4 Å². The number of nitrogens with one attached hydrogen (secondary N) is 2. The van der Waals surface area contributed by atoms with Crippen LogP contribution in [0.25, 0.3) is 0 Å². The van der Waals surface area contributed by atoms with Crippen molar-refractivity contribution in [2.24, 2.45) is 4.99 Å². The van der Waals surface area contributed by atoms with Gasteiger partial charge in [-0.1, -0.05) is 18.2 Å². The fraction of sp³-hybridized carbons (Fsp3) is 0.429. The van der Waals surface area contributed by atoms with E-state index in [1.807, 2.05) is 38.1 Å². The molecule has 0 atom stereocenters. The number of halogens is 1. The number of aryl methyl sites for hydroxylation is 1. The Morgan fingerprint density at radius 1 is 1.11 bits per heavy atom. The van der Waals surface area contributed by atoms with Crippen LogP contribution in [0.5, 0.6) is 5.75 Å². The van der Waals surface area contributed by atoms with Crippen molar-refractivity contribution in [1.82, 2.24) is 15.6 Å². The Balaban J connectivity index is 0.00000392. The minimum atomic E-state index is 0. The molecule has 0 unspecified atom stereocenters. The molecule has 0 amide bonds. The standard InChI is InChI=1S/C21H30N4O2.HI/c1-4-22-21(25-16-19-8-6-7-11-23-19)24-15-18-10-9-17(3)14-20(18)27-13-12-26-5-2;/h6-11,14H,4-5,12-13,15-16H2,1-3H3,(H2,22,24,25);1H. The average Bonchev–Trinajstić information content (AvgIpc) is 2.69. The van der Waals surface area contributed by atoms with Crippen LogP contribution in [0.1, 0.15) is 30.7 Å². The summed E-state index contributed by atoms with van der Waals surface area (Å²) in [6.45, 7) is 9.84. The molecule has 2 rings (SSSR count). The number of hydrogen-bond acceptors (Lipinski definition) is 4. The first kappa shape index (κ1) is 24.2. The third-order valence-electron chi connectivity index (χ3n) is 3.83. The summed E-state index contributed by atoms with van der Waals surface area (Å²) in [5.74, 6) is 1.61. The van der Waals surface area contributed by atoms with Gasteiger partial charge in [0.15, 0.2) is 5.96 Å². The molecule has 0 aliphatic heterocycles. The topological polar surface area (TPSA) is 67.8 Å². The Labute approximate surface area is 185 Å². The highest BCUT2D eigenvalue weighted by atomic mass is 127. The van der Waals surface area contributed by atoms with E-state index in [0.29, 0.717) is 32.9 Å². The maximum Gasteiger partial charge on any atom is 0.191 e. The fourth-order valence-corrected chi connectivity index (χ4v) is 2.46. The maximum atomic E-state index is 5.90. The first-order chi connectivity index (χ1) is 13.2. The molecule has 0 spiro atoms. The van der Waals surface area contributed by atoms with Gasteiger partial charge in [-0.15, -0.1) is 24.0 Å². The quantitative estimate of drug-likeness (QED) is 0.227. The predicted octanol–water partition coefficient (Wildman–Crippen LogP) is 3.68. The molecule has 0 saturated carbocycles. The molecule has 6 nitrogen and oxygen atoms in total. The molecule has 0 aliphatic rings. The number of hydrogen-bond donors (Lipinski definition) is 2. The van der Waals surface area contributed by atoms with Crippen LogP contribution in [-0.4, -0.2) is 37.3 Å². The summed E-state index contributed by atoms with van der Waals surface area (Å²) in [6, 6.07) is 12.1. The second-order valence-electron chi connectivity index (χ2n) is 6.03. The zero-order chi connectivity index (χ0) is 19.3. The molecule has 0 bridgehead atoms. The van der Waals surface area contributed by atoms with Crippen molar-refractivity contribution in [3.05, 3.63) is 59.4 Å². The minimum absolute atomic E-state index is 0. The molecule has 0 fully saturated rings. The fourth-order valence-electron chi connectivity index (χ4n) is 2.46. The summed E-state index contributed by atoms with van der Waals surface area (Å²) < 4.78 is 11.2. The summed E-state index contributed by atoms with van der Waals surface area (Å²) in [5, 5.41) is 6.58. The molecule has 0 aliphatic carbocycles. The lowest BCUT2D eigenvalue weighted by atomic mass is 10.1. The number of pyridine rings is 1. The molecule has 7 heteroatoms. The highest BCUT2D eigenvalue weighted by Gasteiger charge is 2.05. The molecule has 0 saturated heterocycles. The van der Waals surface area contributed by atoms with E-state index < -0.39 is 0 Å². The summed E-state index contributed by atoms with van der Waals surface area (Å²) in [4.78, 5) is 9.01. The third kappa shape index (κ3) is 8.88. The zero-order valence-corrected chi connectivity index (χ0v) is 19.2. The summed E-state index contributed by atoms with van der Waals surface area (Å²) in [6.07, 6.45) is 1.79. The summed E-state index contributed by atoms with van der Waals surface area (Å²) >= 11 is 0. The van der Waals surface area contributed by atoms with Gasteiger partial charge < -0.3 is 20.1 Å². The van der Waals surface area contributed by atoms with Gasteiger partial charge in [-0.2, -0.15) is 0 Å². The zero-order valence-electron chi connectivity index (χ0n) is 16.9. The van der Waals surface area contributed by atoms with Gasteiger partial charge in [-0.25, -0.2) is 4.99 Å². The smallest absolute Gasteiger partial charge is 0.191 e. The predicted molar refractivity (Wildman–Crippen MR) is 124 cm³/mol. The van der Waals surface area contributed by atoms with Crippen molar-refractivity contribution in [1.29, 1.82) is 0 Å². The van der Waals surface area contributed by atoms with Crippen molar-refractivity contribution in [3.8, 4) is 5.75 Å². The van der Waals surface area contributed by atoms with Gasteiger partial charge in [0.25, 0.3) is 0 Å². The van der Waals surface area contributed by atoms with Gasteiger partial charge in [-0.05, 0) is 44.5 Å². The highest BCUT2D eigenvalue weighted by molar-refractivity contribution is 14.0. The Morgan fingerprint density at radius 3 is 2.68 bits per heavy atom. The largest absolute Gasteiger partial charge is 0.491 e. The Hall–Kier alpha value is -1.87. The van der Waals surface area contributed by atoms with Crippen LogP contribution in [0.3, 0.4) is 0 Å². The van der Waals surface area contributed by atoms with Crippen molar-refractivity contribution in [2.45, 2.75) is 33.9 Å². The number of guanidine groups is 1. The van der Waals surface area contributed by atoms with Crippen LogP contribution >= 0.6 is 24.0 Å². The molecule has 2 aromatic rings. The molecule has 154 valence electrons. The molecule has 1 heterocycles. The van der Waals surface area contributed by atoms with E-state index in [1.54, 1.807) is 6.20 Å². The number of nitrogens with zero attached hydrogens (tertiary/aromatic N) is 2. The van der Waals surface area contributed by atoms with Crippen LogP contribution in [0, 0.1) is 6.92 Å². The van der Waals surface area contributed by atoms with Gasteiger partial charge in [0.1, 0.15) is 12.4 Å². The molecular formula is C21H31IN4O2. The number of aromatic nitrogens is 1. The summed E-state index contributed by atoms with van der Waals surface area (Å²) in [5.41, 5.74) is 3.18. The minimum Gasteiger partial charge on any atom is -0.491 e. The van der Waals surface area contributed by atoms with Gasteiger partial charge in [0.05, 0.1) is 25.4 Å².